The molecule has 0 amide bonds. The van der Waals surface area contributed by atoms with Crippen LogP contribution >= 0.6 is 0 Å². The molecular formula is C11H21N3. The summed E-state index contributed by atoms with van der Waals surface area (Å²) in [5.74, 6) is 0. The molecule has 0 spiro atoms. The van der Waals surface area contributed by atoms with Gasteiger partial charge < -0.3 is 4.90 Å². The molecule has 0 saturated carbocycles. The van der Waals surface area contributed by atoms with Crippen LogP contribution in [0.5, 0.6) is 0 Å². The Morgan fingerprint density at radius 1 is 1.07 bits per heavy atom. The van der Waals surface area contributed by atoms with E-state index < -0.39 is 0 Å². The fraction of sp³-hybridized carbons (Fsp3) is 0.909. The van der Waals surface area contributed by atoms with E-state index in [1.54, 1.807) is 0 Å². The van der Waals surface area contributed by atoms with Crippen molar-refractivity contribution < 1.29 is 0 Å². The Balaban J connectivity index is 2.26. The normalized spacial score (nSPS) is 20.7. The van der Waals surface area contributed by atoms with Crippen molar-refractivity contribution in [2.75, 3.05) is 39.3 Å². The minimum absolute atomic E-state index is 0.386. The van der Waals surface area contributed by atoms with Crippen LogP contribution in [0.2, 0.25) is 0 Å². The van der Waals surface area contributed by atoms with Gasteiger partial charge in [-0.25, -0.2) is 0 Å². The van der Waals surface area contributed by atoms with Crippen LogP contribution in [0.3, 0.4) is 0 Å². The standard InChI is InChI=1S/C11H21N3/c1-11(2,3)10-14-8-6-13(5-4-12)7-9-14/h5-10H2,1-3H3. The molecule has 1 rings (SSSR count). The smallest absolute Gasteiger partial charge is 0.0866 e. The highest BCUT2D eigenvalue weighted by molar-refractivity contribution is 4.82. The summed E-state index contributed by atoms with van der Waals surface area (Å²) in [6, 6.07) is 2.21. The molecule has 1 heterocycles. The number of hydrogen-bond donors (Lipinski definition) is 0. The van der Waals surface area contributed by atoms with Crippen molar-refractivity contribution in [3.8, 4) is 6.07 Å². The first-order valence-electron chi connectivity index (χ1n) is 5.33. The predicted octanol–water partition coefficient (Wildman–Crippen LogP) is 1.17. The molecule has 1 aliphatic rings. The van der Waals surface area contributed by atoms with Gasteiger partial charge in [-0.05, 0) is 5.41 Å². The van der Waals surface area contributed by atoms with Crippen LogP contribution < -0.4 is 0 Å². The summed E-state index contributed by atoms with van der Waals surface area (Å²) < 4.78 is 0. The Hall–Kier alpha value is -0.590. The first-order chi connectivity index (χ1) is 6.51. The van der Waals surface area contributed by atoms with E-state index in [4.69, 9.17) is 5.26 Å². The summed E-state index contributed by atoms with van der Waals surface area (Å²) in [7, 11) is 0. The molecule has 1 aliphatic heterocycles. The average molecular weight is 195 g/mol. The van der Waals surface area contributed by atoms with Gasteiger partial charge in [0.05, 0.1) is 12.6 Å². The van der Waals surface area contributed by atoms with Crippen LogP contribution in [0.4, 0.5) is 0 Å². The zero-order chi connectivity index (χ0) is 10.6. The molecule has 0 atom stereocenters. The number of nitriles is 1. The molecule has 1 fully saturated rings. The first kappa shape index (κ1) is 11.5. The highest BCUT2D eigenvalue weighted by Crippen LogP contribution is 2.16. The summed E-state index contributed by atoms with van der Waals surface area (Å²) in [5.41, 5.74) is 0.386. The van der Waals surface area contributed by atoms with Gasteiger partial charge in [-0.1, -0.05) is 20.8 Å². The summed E-state index contributed by atoms with van der Waals surface area (Å²) >= 11 is 0. The number of piperazine rings is 1. The van der Waals surface area contributed by atoms with Gasteiger partial charge in [0.25, 0.3) is 0 Å². The van der Waals surface area contributed by atoms with Crippen molar-refractivity contribution in [1.29, 1.82) is 5.26 Å². The second-order valence-electron chi connectivity index (χ2n) is 5.27. The van der Waals surface area contributed by atoms with Crippen LogP contribution in [0.25, 0.3) is 0 Å². The Labute approximate surface area is 87.3 Å². The number of rotatable bonds is 2. The van der Waals surface area contributed by atoms with Crippen LogP contribution in [0.1, 0.15) is 20.8 Å². The van der Waals surface area contributed by atoms with Crippen molar-refractivity contribution in [1.82, 2.24) is 9.80 Å². The van der Waals surface area contributed by atoms with Crippen molar-refractivity contribution in [2.45, 2.75) is 20.8 Å². The second kappa shape index (κ2) is 4.77. The Morgan fingerprint density at radius 3 is 2.00 bits per heavy atom. The van der Waals surface area contributed by atoms with E-state index in [0.717, 1.165) is 32.7 Å². The second-order valence-corrected chi connectivity index (χ2v) is 5.27. The van der Waals surface area contributed by atoms with E-state index in [-0.39, 0.29) is 0 Å². The van der Waals surface area contributed by atoms with Gasteiger partial charge in [-0.3, -0.25) is 4.90 Å². The van der Waals surface area contributed by atoms with Gasteiger partial charge in [0.1, 0.15) is 0 Å². The Kier molecular flexibility index (Phi) is 3.91. The highest BCUT2D eigenvalue weighted by atomic mass is 15.3. The van der Waals surface area contributed by atoms with Gasteiger partial charge in [0.15, 0.2) is 0 Å². The fourth-order valence-corrected chi connectivity index (χ4v) is 1.88. The fourth-order valence-electron chi connectivity index (χ4n) is 1.88. The quantitative estimate of drug-likeness (QED) is 0.620. The zero-order valence-electron chi connectivity index (χ0n) is 9.58. The first-order valence-corrected chi connectivity index (χ1v) is 5.33. The van der Waals surface area contributed by atoms with Crippen molar-refractivity contribution in [3.63, 3.8) is 0 Å². The molecule has 0 unspecified atom stereocenters. The lowest BCUT2D eigenvalue weighted by molar-refractivity contribution is 0.110. The Bertz CT molecular complexity index is 204. The van der Waals surface area contributed by atoms with Gasteiger partial charge in [0.2, 0.25) is 0 Å². The molecule has 0 aromatic heterocycles. The van der Waals surface area contributed by atoms with Crippen molar-refractivity contribution in [2.24, 2.45) is 5.41 Å². The lowest BCUT2D eigenvalue weighted by Gasteiger charge is -2.36. The molecule has 0 aromatic carbocycles. The van der Waals surface area contributed by atoms with Crippen LogP contribution in [-0.2, 0) is 0 Å². The molecule has 14 heavy (non-hydrogen) atoms. The average Bonchev–Trinajstić information content (AvgIpc) is 2.06. The van der Waals surface area contributed by atoms with Crippen LogP contribution in [0.15, 0.2) is 0 Å². The molecule has 3 heteroatoms. The van der Waals surface area contributed by atoms with Crippen molar-refractivity contribution in [3.05, 3.63) is 0 Å². The third-order valence-electron chi connectivity index (χ3n) is 2.46. The largest absolute Gasteiger partial charge is 0.300 e. The summed E-state index contributed by atoms with van der Waals surface area (Å²) in [4.78, 5) is 4.72. The molecule has 0 radical (unpaired) electrons. The molecular weight excluding hydrogens is 174 g/mol. The van der Waals surface area contributed by atoms with Gasteiger partial charge in [0, 0.05) is 32.7 Å². The zero-order valence-corrected chi connectivity index (χ0v) is 9.58. The lowest BCUT2D eigenvalue weighted by atomic mass is 9.96. The predicted molar refractivity (Wildman–Crippen MR) is 57.9 cm³/mol. The van der Waals surface area contributed by atoms with E-state index >= 15 is 0 Å². The minimum atomic E-state index is 0.386. The highest BCUT2D eigenvalue weighted by Gasteiger charge is 2.20. The maximum atomic E-state index is 8.57. The molecule has 0 aliphatic carbocycles. The van der Waals surface area contributed by atoms with Gasteiger partial charge in [-0.15, -0.1) is 0 Å². The van der Waals surface area contributed by atoms with E-state index in [1.807, 2.05) is 0 Å². The third-order valence-corrected chi connectivity index (χ3v) is 2.46. The van der Waals surface area contributed by atoms with Crippen LogP contribution in [0, 0.1) is 16.7 Å². The maximum absolute atomic E-state index is 8.57. The maximum Gasteiger partial charge on any atom is 0.0866 e. The molecule has 3 nitrogen and oxygen atoms in total. The summed E-state index contributed by atoms with van der Waals surface area (Å²) in [6.45, 7) is 12.9. The van der Waals surface area contributed by atoms with E-state index in [0.29, 0.717) is 12.0 Å². The van der Waals surface area contributed by atoms with E-state index in [2.05, 4.69) is 36.6 Å². The summed E-state index contributed by atoms with van der Waals surface area (Å²) in [5, 5.41) is 8.57. The minimum Gasteiger partial charge on any atom is -0.300 e. The topological polar surface area (TPSA) is 30.3 Å². The molecule has 0 N–H and O–H groups in total. The molecule has 0 aromatic rings. The van der Waals surface area contributed by atoms with Crippen LogP contribution in [-0.4, -0.2) is 49.1 Å². The number of hydrogen-bond acceptors (Lipinski definition) is 3. The third kappa shape index (κ3) is 4.08. The van der Waals surface area contributed by atoms with E-state index in [9.17, 15) is 0 Å². The van der Waals surface area contributed by atoms with Crippen molar-refractivity contribution >= 4 is 0 Å². The van der Waals surface area contributed by atoms with E-state index in [1.165, 1.54) is 0 Å². The summed E-state index contributed by atoms with van der Waals surface area (Å²) in [6.07, 6.45) is 0. The lowest BCUT2D eigenvalue weighted by Crippen LogP contribution is -2.48. The Morgan fingerprint density at radius 2 is 1.57 bits per heavy atom. The molecule has 80 valence electrons. The molecule has 0 bridgehead atoms. The van der Waals surface area contributed by atoms with Gasteiger partial charge >= 0.3 is 0 Å². The molecule has 1 saturated heterocycles. The SMILES string of the molecule is CC(C)(C)CN1CCN(CC#N)CC1. The monoisotopic (exact) mass is 195 g/mol. The van der Waals surface area contributed by atoms with Gasteiger partial charge in [-0.2, -0.15) is 5.26 Å². The number of nitrogens with zero attached hydrogens (tertiary/aromatic N) is 3.